The number of ketones is 1. The molecule has 0 atom stereocenters. The van der Waals surface area contributed by atoms with Gasteiger partial charge in [-0.05, 0) is 22.9 Å². The Balaban J connectivity index is 2.67. The van der Waals surface area contributed by atoms with E-state index in [1.54, 1.807) is 0 Å². The highest BCUT2D eigenvalue weighted by molar-refractivity contribution is 9.10. The highest BCUT2D eigenvalue weighted by Crippen LogP contribution is 1.97. The molecule has 0 fully saturated rings. The minimum atomic E-state index is 0.0670. The standard InChI is InChI=1S/C5H6BrN3O/c1-4(10)2-9-3-7-5(6)8-9/h3H,2H2,1H3. The molecule has 1 aromatic heterocycles. The zero-order valence-electron chi connectivity index (χ0n) is 5.41. The number of hydrogen-bond acceptors (Lipinski definition) is 3. The number of halogens is 1. The minimum absolute atomic E-state index is 0.0670. The molecule has 0 radical (unpaired) electrons. The van der Waals surface area contributed by atoms with Gasteiger partial charge in [-0.15, -0.1) is 5.10 Å². The third kappa shape index (κ3) is 1.91. The quantitative estimate of drug-likeness (QED) is 0.709. The van der Waals surface area contributed by atoms with Gasteiger partial charge < -0.3 is 0 Å². The van der Waals surface area contributed by atoms with Gasteiger partial charge in [0.1, 0.15) is 12.9 Å². The van der Waals surface area contributed by atoms with Gasteiger partial charge in [-0.25, -0.2) is 9.67 Å². The van der Waals surface area contributed by atoms with Crippen molar-refractivity contribution in [3.8, 4) is 0 Å². The molecule has 0 N–H and O–H groups in total. The van der Waals surface area contributed by atoms with Crippen LogP contribution in [-0.4, -0.2) is 20.5 Å². The van der Waals surface area contributed by atoms with Crippen molar-refractivity contribution in [1.29, 1.82) is 0 Å². The Hall–Kier alpha value is -0.710. The summed E-state index contributed by atoms with van der Waals surface area (Å²) >= 11 is 3.07. The third-order valence-electron chi connectivity index (χ3n) is 0.893. The van der Waals surface area contributed by atoms with Crippen molar-refractivity contribution < 1.29 is 4.79 Å². The summed E-state index contributed by atoms with van der Waals surface area (Å²) in [6.07, 6.45) is 1.51. The van der Waals surface area contributed by atoms with Gasteiger partial charge in [-0.3, -0.25) is 4.79 Å². The molecule has 1 rings (SSSR count). The molecule has 5 heteroatoms. The van der Waals surface area contributed by atoms with Crippen molar-refractivity contribution in [2.75, 3.05) is 0 Å². The van der Waals surface area contributed by atoms with Crippen molar-refractivity contribution in [1.82, 2.24) is 14.8 Å². The van der Waals surface area contributed by atoms with E-state index in [2.05, 4.69) is 26.0 Å². The molecule has 10 heavy (non-hydrogen) atoms. The van der Waals surface area contributed by atoms with E-state index in [0.29, 0.717) is 11.3 Å². The van der Waals surface area contributed by atoms with Gasteiger partial charge in [0.25, 0.3) is 0 Å². The Morgan fingerprint density at radius 3 is 3.00 bits per heavy atom. The van der Waals surface area contributed by atoms with Gasteiger partial charge in [-0.2, -0.15) is 0 Å². The van der Waals surface area contributed by atoms with Crippen molar-refractivity contribution in [2.24, 2.45) is 0 Å². The van der Waals surface area contributed by atoms with Crippen LogP contribution in [0.1, 0.15) is 6.92 Å². The average Bonchev–Trinajstić information content (AvgIpc) is 2.13. The van der Waals surface area contributed by atoms with Crippen molar-refractivity contribution >= 4 is 21.7 Å². The minimum Gasteiger partial charge on any atom is -0.298 e. The van der Waals surface area contributed by atoms with Crippen LogP contribution in [0.25, 0.3) is 0 Å². The smallest absolute Gasteiger partial charge is 0.217 e. The van der Waals surface area contributed by atoms with Crippen LogP contribution < -0.4 is 0 Å². The van der Waals surface area contributed by atoms with E-state index < -0.39 is 0 Å². The Labute approximate surface area is 66.4 Å². The second-order valence-electron chi connectivity index (χ2n) is 1.91. The van der Waals surface area contributed by atoms with E-state index in [-0.39, 0.29) is 5.78 Å². The molecule has 54 valence electrons. The summed E-state index contributed by atoms with van der Waals surface area (Å²) in [7, 11) is 0. The lowest BCUT2D eigenvalue weighted by molar-refractivity contribution is -0.117. The second kappa shape index (κ2) is 2.92. The van der Waals surface area contributed by atoms with Crippen LogP contribution in [0.3, 0.4) is 0 Å². The first-order valence-corrected chi connectivity index (χ1v) is 3.52. The summed E-state index contributed by atoms with van der Waals surface area (Å²) in [5.74, 6) is 0.0670. The predicted molar refractivity (Wildman–Crippen MR) is 38.4 cm³/mol. The van der Waals surface area contributed by atoms with E-state index in [1.165, 1.54) is 17.9 Å². The van der Waals surface area contributed by atoms with Gasteiger partial charge in [0.2, 0.25) is 4.73 Å². The van der Waals surface area contributed by atoms with Crippen molar-refractivity contribution in [3.63, 3.8) is 0 Å². The van der Waals surface area contributed by atoms with Crippen LogP contribution in [0.15, 0.2) is 11.1 Å². The van der Waals surface area contributed by atoms with Crippen LogP contribution in [0.4, 0.5) is 0 Å². The fourth-order valence-corrected chi connectivity index (χ4v) is 0.872. The van der Waals surface area contributed by atoms with Gasteiger partial charge in [0.05, 0.1) is 0 Å². The molecular formula is C5H6BrN3O. The normalized spacial score (nSPS) is 9.80. The zero-order valence-corrected chi connectivity index (χ0v) is 7.00. The van der Waals surface area contributed by atoms with Crippen molar-refractivity contribution in [2.45, 2.75) is 13.5 Å². The molecule has 0 bridgehead atoms. The molecule has 0 aromatic carbocycles. The number of carbonyl (C=O) groups is 1. The lowest BCUT2D eigenvalue weighted by Gasteiger charge is -1.91. The first kappa shape index (κ1) is 7.40. The van der Waals surface area contributed by atoms with E-state index in [1.807, 2.05) is 0 Å². The highest BCUT2D eigenvalue weighted by Gasteiger charge is 1.97. The number of rotatable bonds is 2. The number of nitrogens with zero attached hydrogens (tertiary/aromatic N) is 3. The van der Waals surface area contributed by atoms with E-state index in [0.717, 1.165) is 0 Å². The topological polar surface area (TPSA) is 47.8 Å². The summed E-state index contributed by atoms with van der Waals surface area (Å²) in [4.78, 5) is 14.3. The van der Waals surface area contributed by atoms with Crippen LogP contribution in [-0.2, 0) is 11.3 Å². The fourth-order valence-electron chi connectivity index (χ4n) is 0.576. The molecule has 0 spiro atoms. The Morgan fingerprint density at radius 1 is 1.90 bits per heavy atom. The number of carbonyl (C=O) groups excluding carboxylic acids is 1. The van der Waals surface area contributed by atoms with Crippen LogP contribution in [0, 0.1) is 0 Å². The summed E-state index contributed by atoms with van der Waals surface area (Å²) in [6, 6.07) is 0. The number of Topliss-reactive ketones (excluding diaryl/α,β-unsaturated/α-hetero) is 1. The maximum absolute atomic E-state index is 10.5. The molecule has 0 unspecified atom stereocenters. The van der Waals surface area contributed by atoms with Gasteiger partial charge in [-0.1, -0.05) is 0 Å². The lowest BCUT2D eigenvalue weighted by atomic mass is 10.5. The Bertz CT molecular complexity index is 245. The second-order valence-corrected chi connectivity index (χ2v) is 2.62. The molecule has 1 aromatic rings. The molecular weight excluding hydrogens is 198 g/mol. The largest absolute Gasteiger partial charge is 0.298 e. The SMILES string of the molecule is CC(=O)Cn1cnc(Br)n1. The molecule has 0 aliphatic heterocycles. The number of hydrogen-bond donors (Lipinski definition) is 0. The molecule has 0 saturated carbocycles. The summed E-state index contributed by atoms with van der Waals surface area (Å²) in [6.45, 7) is 1.80. The maximum Gasteiger partial charge on any atom is 0.217 e. The molecule has 0 aliphatic rings. The maximum atomic E-state index is 10.5. The van der Waals surface area contributed by atoms with Crippen LogP contribution in [0.5, 0.6) is 0 Å². The van der Waals surface area contributed by atoms with Gasteiger partial charge >= 0.3 is 0 Å². The molecule has 0 aliphatic carbocycles. The zero-order chi connectivity index (χ0) is 7.56. The fraction of sp³-hybridized carbons (Fsp3) is 0.400. The monoisotopic (exact) mass is 203 g/mol. The Kier molecular flexibility index (Phi) is 2.16. The van der Waals surface area contributed by atoms with Gasteiger partial charge in [0, 0.05) is 0 Å². The van der Waals surface area contributed by atoms with Crippen molar-refractivity contribution in [3.05, 3.63) is 11.1 Å². The van der Waals surface area contributed by atoms with Crippen LogP contribution >= 0.6 is 15.9 Å². The van der Waals surface area contributed by atoms with Gasteiger partial charge in [0.15, 0.2) is 5.78 Å². The average molecular weight is 204 g/mol. The lowest BCUT2D eigenvalue weighted by Crippen LogP contribution is -2.06. The number of aromatic nitrogens is 3. The van der Waals surface area contributed by atoms with Crippen LogP contribution in [0.2, 0.25) is 0 Å². The molecule has 1 heterocycles. The third-order valence-corrected chi connectivity index (χ3v) is 1.26. The Morgan fingerprint density at radius 2 is 2.60 bits per heavy atom. The predicted octanol–water partition coefficient (Wildman–Crippen LogP) is 0.630. The molecule has 0 amide bonds. The van der Waals surface area contributed by atoms with E-state index in [4.69, 9.17) is 0 Å². The molecule has 0 saturated heterocycles. The van der Waals surface area contributed by atoms with E-state index in [9.17, 15) is 4.79 Å². The summed E-state index contributed by atoms with van der Waals surface area (Å²) in [5.41, 5.74) is 0. The summed E-state index contributed by atoms with van der Waals surface area (Å²) < 4.78 is 1.99. The highest BCUT2D eigenvalue weighted by atomic mass is 79.9. The first-order chi connectivity index (χ1) is 4.68. The summed E-state index contributed by atoms with van der Waals surface area (Å²) in [5, 5.41) is 3.85. The van der Waals surface area contributed by atoms with E-state index >= 15 is 0 Å². The molecule has 4 nitrogen and oxygen atoms in total. The first-order valence-electron chi connectivity index (χ1n) is 2.73.